The zero-order chi connectivity index (χ0) is 19.5. The highest BCUT2D eigenvalue weighted by Gasteiger charge is 2.34. The maximum absolute atomic E-state index is 12.8. The highest BCUT2D eigenvalue weighted by molar-refractivity contribution is 7.98. The highest BCUT2D eigenvalue weighted by atomic mass is 32.2. The summed E-state index contributed by atoms with van der Waals surface area (Å²) in [6, 6.07) is 15.5. The fourth-order valence-electron chi connectivity index (χ4n) is 3.43. The van der Waals surface area contributed by atoms with Gasteiger partial charge in [-0.3, -0.25) is 0 Å². The van der Waals surface area contributed by atoms with Gasteiger partial charge in [0.05, 0.1) is 0 Å². The summed E-state index contributed by atoms with van der Waals surface area (Å²) in [6.45, 7) is 2.69. The summed E-state index contributed by atoms with van der Waals surface area (Å²) in [5, 5.41) is 7.11. The summed E-state index contributed by atoms with van der Waals surface area (Å²) in [4.78, 5) is 20.3. The van der Waals surface area contributed by atoms with Gasteiger partial charge in [0.2, 0.25) is 11.7 Å². The average Bonchev–Trinajstić information content (AvgIpc) is 3.37. The first-order chi connectivity index (χ1) is 13.6. The van der Waals surface area contributed by atoms with Crippen molar-refractivity contribution >= 4 is 23.5 Å². The molecule has 0 unspecified atom stereocenters. The summed E-state index contributed by atoms with van der Waals surface area (Å²) >= 11 is 1.64. The quantitative estimate of drug-likeness (QED) is 0.621. The molecule has 6 nitrogen and oxygen atoms in total. The van der Waals surface area contributed by atoms with E-state index in [2.05, 4.69) is 15.5 Å². The summed E-state index contributed by atoms with van der Waals surface area (Å²) in [7, 11) is 0. The molecule has 144 valence electrons. The van der Waals surface area contributed by atoms with Crippen molar-refractivity contribution in [2.75, 3.05) is 18.1 Å². The molecule has 28 heavy (non-hydrogen) atoms. The Labute approximate surface area is 168 Å². The number of benzene rings is 2. The number of thioether (sulfide) groups is 1. The summed E-state index contributed by atoms with van der Waals surface area (Å²) in [5.41, 5.74) is 2.84. The number of likely N-dealkylation sites (tertiary alicyclic amines) is 1. The van der Waals surface area contributed by atoms with Crippen LogP contribution in [-0.4, -0.2) is 33.9 Å². The average molecular weight is 395 g/mol. The third-order valence-corrected chi connectivity index (χ3v) is 5.56. The molecule has 2 amide bonds. The van der Waals surface area contributed by atoms with Gasteiger partial charge in [0.1, 0.15) is 6.04 Å². The van der Waals surface area contributed by atoms with Gasteiger partial charge in [-0.2, -0.15) is 4.98 Å². The molecule has 2 heterocycles. The number of nitrogens with one attached hydrogen (secondary N) is 1. The topological polar surface area (TPSA) is 71.3 Å². The Morgan fingerprint density at radius 3 is 2.93 bits per heavy atom. The maximum atomic E-state index is 12.8. The molecule has 2 aromatic carbocycles. The van der Waals surface area contributed by atoms with Crippen LogP contribution in [0.3, 0.4) is 0 Å². The Morgan fingerprint density at radius 1 is 1.25 bits per heavy atom. The van der Waals surface area contributed by atoms with Gasteiger partial charge in [-0.05, 0) is 50.3 Å². The lowest BCUT2D eigenvalue weighted by atomic mass is 10.1. The number of rotatable bonds is 4. The zero-order valence-corrected chi connectivity index (χ0v) is 16.7. The first kappa shape index (κ1) is 18.6. The van der Waals surface area contributed by atoms with Crippen LogP contribution in [-0.2, 0) is 0 Å². The number of carbonyl (C=O) groups excluding carboxylic acids is 1. The van der Waals surface area contributed by atoms with Gasteiger partial charge >= 0.3 is 6.03 Å². The van der Waals surface area contributed by atoms with E-state index in [0.29, 0.717) is 18.3 Å². The minimum Gasteiger partial charge on any atom is -0.337 e. The molecule has 1 aliphatic rings. The predicted molar refractivity (Wildman–Crippen MR) is 110 cm³/mol. The van der Waals surface area contributed by atoms with Crippen LogP contribution in [0, 0.1) is 6.92 Å². The molecule has 1 atom stereocenters. The minimum absolute atomic E-state index is 0.143. The number of urea groups is 1. The lowest BCUT2D eigenvalue weighted by molar-refractivity contribution is 0.193. The number of aromatic nitrogens is 2. The molecule has 1 aromatic heterocycles. The monoisotopic (exact) mass is 394 g/mol. The second-order valence-corrected chi connectivity index (χ2v) is 7.72. The van der Waals surface area contributed by atoms with Crippen molar-refractivity contribution in [3.63, 3.8) is 0 Å². The number of carbonyl (C=O) groups is 1. The number of amides is 2. The van der Waals surface area contributed by atoms with Crippen molar-refractivity contribution in [1.29, 1.82) is 0 Å². The number of anilines is 1. The third-order valence-electron chi connectivity index (χ3n) is 4.84. The van der Waals surface area contributed by atoms with Gasteiger partial charge in [-0.1, -0.05) is 35.0 Å². The first-order valence-corrected chi connectivity index (χ1v) is 10.5. The molecule has 0 saturated carbocycles. The van der Waals surface area contributed by atoms with Crippen molar-refractivity contribution in [2.24, 2.45) is 0 Å². The highest BCUT2D eigenvalue weighted by Crippen LogP contribution is 2.33. The molecule has 4 rings (SSSR count). The molecule has 1 fully saturated rings. The Morgan fingerprint density at radius 2 is 2.11 bits per heavy atom. The normalized spacial score (nSPS) is 16.4. The fourth-order valence-corrected chi connectivity index (χ4v) is 3.89. The largest absolute Gasteiger partial charge is 0.337 e. The molecule has 0 bridgehead atoms. The molecule has 1 saturated heterocycles. The van der Waals surface area contributed by atoms with Crippen molar-refractivity contribution in [1.82, 2.24) is 15.0 Å². The lowest BCUT2D eigenvalue weighted by Gasteiger charge is -2.22. The summed E-state index contributed by atoms with van der Waals surface area (Å²) < 4.78 is 5.52. The van der Waals surface area contributed by atoms with E-state index in [0.717, 1.165) is 34.6 Å². The third kappa shape index (κ3) is 3.89. The van der Waals surface area contributed by atoms with Crippen molar-refractivity contribution in [2.45, 2.75) is 30.7 Å². The van der Waals surface area contributed by atoms with E-state index < -0.39 is 0 Å². The molecule has 0 radical (unpaired) electrons. The molecule has 0 aliphatic carbocycles. The molecule has 1 aliphatic heterocycles. The molecular weight excluding hydrogens is 372 g/mol. The van der Waals surface area contributed by atoms with E-state index >= 15 is 0 Å². The second-order valence-electron chi connectivity index (χ2n) is 6.84. The second kappa shape index (κ2) is 8.06. The summed E-state index contributed by atoms with van der Waals surface area (Å²) in [5.74, 6) is 1.04. The van der Waals surface area contributed by atoms with Crippen LogP contribution < -0.4 is 5.32 Å². The van der Waals surface area contributed by atoms with Gasteiger partial charge in [0.15, 0.2) is 0 Å². The van der Waals surface area contributed by atoms with E-state index in [9.17, 15) is 4.79 Å². The molecule has 1 N–H and O–H groups in total. The smallest absolute Gasteiger partial charge is 0.322 e. The van der Waals surface area contributed by atoms with Crippen molar-refractivity contribution in [3.8, 4) is 11.4 Å². The first-order valence-electron chi connectivity index (χ1n) is 9.26. The molecule has 3 aromatic rings. The molecule has 0 spiro atoms. The number of nitrogens with zero attached hydrogens (tertiary/aromatic N) is 3. The van der Waals surface area contributed by atoms with Crippen molar-refractivity contribution in [3.05, 3.63) is 60.0 Å². The zero-order valence-electron chi connectivity index (χ0n) is 15.9. The van der Waals surface area contributed by atoms with Crippen molar-refractivity contribution < 1.29 is 9.32 Å². The Bertz CT molecular complexity index is 988. The van der Waals surface area contributed by atoms with E-state index in [-0.39, 0.29) is 12.1 Å². The Kier molecular flexibility index (Phi) is 5.34. The van der Waals surface area contributed by atoms with Gasteiger partial charge in [0, 0.05) is 22.7 Å². The standard InChI is InChI=1S/C21H22N4O2S/c1-14-6-3-7-15(12-14)19-23-20(27-24-19)18-10-5-11-25(18)21(26)22-16-8-4-9-17(13-16)28-2/h3-4,6-9,12-13,18H,5,10-11H2,1-2H3,(H,22,26)/t18-/m0/s1. The van der Waals surface area contributed by atoms with Crippen LogP contribution in [0.4, 0.5) is 10.5 Å². The van der Waals surface area contributed by atoms with E-state index in [1.54, 1.807) is 16.7 Å². The van der Waals surface area contributed by atoms with Gasteiger partial charge in [-0.15, -0.1) is 11.8 Å². The van der Waals surface area contributed by atoms with E-state index in [4.69, 9.17) is 4.52 Å². The van der Waals surface area contributed by atoms with Crippen LogP contribution in [0.25, 0.3) is 11.4 Å². The minimum atomic E-state index is -0.199. The Balaban J connectivity index is 1.51. The van der Waals surface area contributed by atoms with Crippen LogP contribution in [0.5, 0.6) is 0 Å². The number of aryl methyl sites for hydroxylation is 1. The van der Waals surface area contributed by atoms with E-state index in [1.807, 2.05) is 61.7 Å². The van der Waals surface area contributed by atoms with Gasteiger partial charge in [0.25, 0.3) is 0 Å². The fraction of sp³-hybridized carbons (Fsp3) is 0.286. The van der Waals surface area contributed by atoms with Crippen LogP contribution in [0.2, 0.25) is 0 Å². The summed E-state index contributed by atoms with van der Waals surface area (Å²) in [6.07, 6.45) is 3.73. The maximum Gasteiger partial charge on any atom is 0.322 e. The number of hydrogen-bond acceptors (Lipinski definition) is 5. The number of hydrogen-bond donors (Lipinski definition) is 1. The SMILES string of the molecule is CSc1cccc(NC(=O)N2CCC[C@H]2c2nc(-c3cccc(C)c3)no2)c1. The molecule has 7 heteroatoms. The van der Waals surface area contributed by atoms with Crippen LogP contribution in [0.15, 0.2) is 57.9 Å². The molecular formula is C21H22N4O2S. The van der Waals surface area contributed by atoms with Gasteiger partial charge in [-0.25, -0.2) is 4.79 Å². The van der Waals surface area contributed by atoms with Crippen LogP contribution >= 0.6 is 11.8 Å². The predicted octanol–water partition coefficient (Wildman–Crippen LogP) is 5.14. The van der Waals surface area contributed by atoms with Gasteiger partial charge < -0.3 is 14.7 Å². The van der Waals surface area contributed by atoms with E-state index in [1.165, 1.54) is 0 Å². The lowest BCUT2D eigenvalue weighted by Crippen LogP contribution is -2.34. The Hall–Kier alpha value is -2.80. The van der Waals surface area contributed by atoms with Crippen LogP contribution in [0.1, 0.15) is 30.3 Å².